The highest BCUT2D eigenvalue weighted by Gasteiger charge is 2.29. The van der Waals surface area contributed by atoms with Crippen molar-refractivity contribution in [1.82, 2.24) is 5.32 Å². The Kier molecular flexibility index (Phi) is 6.19. The van der Waals surface area contributed by atoms with Gasteiger partial charge in [-0.15, -0.1) is 0 Å². The van der Waals surface area contributed by atoms with Gasteiger partial charge in [-0.2, -0.15) is 18.4 Å². The Hall–Kier alpha value is -2.76. The lowest BCUT2D eigenvalue weighted by Crippen LogP contribution is -2.31. The van der Waals surface area contributed by atoms with Crippen molar-refractivity contribution in [3.05, 3.63) is 29.8 Å². The Labute approximate surface area is 123 Å². The van der Waals surface area contributed by atoms with Crippen LogP contribution < -0.4 is 10.6 Å². The number of nitrogens with one attached hydrogen (secondary N) is 2. The molecule has 1 aromatic carbocycles. The lowest BCUT2D eigenvalue weighted by atomic mass is 10.2. The first-order chi connectivity index (χ1) is 10.3. The molecule has 0 saturated heterocycles. The van der Waals surface area contributed by atoms with Crippen LogP contribution in [-0.2, 0) is 9.53 Å². The van der Waals surface area contributed by atoms with Crippen LogP contribution in [0.15, 0.2) is 24.3 Å². The Balaban J connectivity index is 2.25. The molecule has 1 rings (SSSR count). The van der Waals surface area contributed by atoms with Crippen LogP contribution in [0.3, 0.4) is 0 Å². The lowest BCUT2D eigenvalue weighted by Gasteiger charge is -2.09. The van der Waals surface area contributed by atoms with Crippen molar-refractivity contribution in [3.8, 4) is 6.07 Å². The molecular weight excluding hydrogens is 303 g/mol. The third kappa shape index (κ3) is 7.14. The van der Waals surface area contributed by atoms with Gasteiger partial charge in [-0.25, -0.2) is 4.79 Å². The number of alkyl halides is 3. The SMILES string of the molecule is N#Cc1ccc(NC(=O)CCNC(=O)OCC(F)(F)F)cc1. The number of nitriles is 1. The zero-order valence-electron chi connectivity index (χ0n) is 11.2. The summed E-state index contributed by atoms with van der Waals surface area (Å²) in [7, 11) is 0. The number of nitrogens with zero attached hydrogens (tertiary/aromatic N) is 1. The van der Waals surface area contributed by atoms with E-state index in [4.69, 9.17) is 5.26 Å². The standard InChI is InChI=1S/C13H12F3N3O3/c14-13(15,16)8-22-12(21)18-6-5-11(20)19-10-3-1-9(7-17)2-4-10/h1-4H,5-6,8H2,(H,18,21)(H,19,20). The smallest absolute Gasteiger partial charge is 0.422 e. The highest BCUT2D eigenvalue weighted by Crippen LogP contribution is 2.14. The van der Waals surface area contributed by atoms with Gasteiger partial charge in [0.15, 0.2) is 6.61 Å². The third-order valence-corrected chi connectivity index (χ3v) is 2.29. The topological polar surface area (TPSA) is 91.2 Å². The molecule has 0 fully saturated rings. The second-order valence-corrected chi connectivity index (χ2v) is 4.11. The highest BCUT2D eigenvalue weighted by molar-refractivity contribution is 5.91. The second kappa shape index (κ2) is 7.87. The van der Waals surface area contributed by atoms with Crippen LogP contribution in [0, 0.1) is 11.3 Å². The van der Waals surface area contributed by atoms with Crippen molar-refractivity contribution in [2.24, 2.45) is 0 Å². The minimum Gasteiger partial charge on any atom is -0.440 e. The Morgan fingerprint density at radius 1 is 1.23 bits per heavy atom. The molecule has 0 unspecified atom stereocenters. The van der Waals surface area contributed by atoms with Gasteiger partial charge in [0.2, 0.25) is 5.91 Å². The van der Waals surface area contributed by atoms with Gasteiger partial charge in [-0.3, -0.25) is 4.79 Å². The van der Waals surface area contributed by atoms with E-state index in [0.717, 1.165) is 0 Å². The Morgan fingerprint density at radius 3 is 2.41 bits per heavy atom. The van der Waals surface area contributed by atoms with Crippen LogP contribution in [0.1, 0.15) is 12.0 Å². The zero-order valence-corrected chi connectivity index (χ0v) is 11.2. The van der Waals surface area contributed by atoms with Gasteiger partial charge in [-0.1, -0.05) is 0 Å². The van der Waals surface area contributed by atoms with Gasteiger partial charge in [0.1, 0.15) is 0 Å². The van der Waals surface area contributed by atoms with Crippen LogP contribution in [0.2, 0.25) is 0 Å². The molecule has 118 valence electrons. The van der Waals surface area contributed by atoms with E-state index in [9.17, 15) is 22.8 Å². The predicted molar refractivity (Wildman–Crippen MR) is 69.8 cm³/mol. The van der Waals surface area contributed by atoms with E-state index in [1.165, 1.54) is 24.3 Å². The molecule has 0 aliphatic carbocycles. The molecule has 1 aromatic rings. The van der Waals surface area contributed by atoms with Gasteiger partial charge in [0, 0.05) is 18.7 Å². The minimum atomic E-state index is -4.59. The first-order valence-corrected chi connectivity index (χ1v) is 6.07. The summed E-state index contributed by atoms with van der Waals surface area (Å²) in [6, 6.07) is 8.01. The van der Waals surface area contributed by atoms with Crippen molar-refractivity contribution >= 4 is 17.7 Å². The van der Waals surface area contributed by atoms with E-state index in [1.54, 1.807) is 0 Å². The molecule has 0 aliphatic heterocycles. The summed E-state index contributed by atoms with van der Waals surface area (Å²) in [6.07, 6.45) is -5.98. The summed E-state index contributed by atoms with van der Waals surface area (Å²) in [5.74, 6) is -0.444. The molecule has 0 bridgehead atoms. The van der Waals surface area contributed by atoms with Crippen molar-refractivity contribution < 1.29 is 27.5 Å². The van der Waals surface area contributed by atoms with Gasteiger partial charge in [0.25, 0.3) is 0 Å². The van der Waals surface area contributed by atoms with E-state index in [1.807, 2.05) is 11.4 Å². The highest BCUT2D eigenvalue weighted by atomic mass is 19.4. The summed E-state index contributed by atoms with van der Waals surface area (Å²) in [6.45, 7) is -1.85. The van der Waals surface area contributed by atoms with Crippen LogP contribution in [0.4, 0.5) is 23.7 Å². The normalized spacial score (nSPS) is 10.5. The number of anilines is 1. The van der Waals surface area contributed by atoms with Crippen LogP contribution >= 0.6 is 0 Å². The number of benzene rings is 1. The molecule has 0 radical (unpaired) electrons. The molecule has 0 aromatic heterocycles. The molecule has 2 N–H and O–H groups in total. The summed E-state index contributed by atoms with van der Waals surface area (Å²) < 4.78 is 39.2. The number of amides is 2. The number of hydrogen-bond donors (Lipinski definition) is 2. The molecule has 2 amide bonds. The summed E-state index contributed by atoms with van der Waals surface area (Å²) in [4.78, 5) is 22.4. The average Bonchev–Trinajstić information content (AvgIpc) is 2.45. The van der Waals surface area contributed by atoms with Crippen LogP contribution in [-0.4, -0.2) is 31.3 Å². The third-order valence-electron chi connectivity index (χ3n) is 2.29. The summed E-state index contributed by atoms with van der Waals surface area (Å²) >= 11 is 0. The molecule has 9 heteroatoms. The molecule has 0 aliphatic rings. The van der Waals surface area contributed by atoms with Crippen LogP contribution in [0.25, 0.3) is 0 Å². The van der Waals surface area contributed by atoms with Crippen molar-refractivity contribution in [2.75, 3.05) is 18.5 Å². The van der Waals surface area contributed by atoms with Crippen molar-refractivity contribution in [3.63, 3.8) is 0 Å². The van der Waals surface area contributed by atoms with Gasteiger partial charge in [-0.05, 0) is 24.3 Å². The fraction of sp³-hybridized carbons (Fsp3) is 0.308. The number of alkyl carbamates (subject to hydrolysis) is 1. The monoisotopic (exact) mass is 315 g/mol. The largest absolute Gasteiger partial charge is 0.440 e. The maximum absolute atomic E-state index is 11.8. The summed E-state index contributed by atoms with van der Waals surface area (Å²) in [5, 5.41) is 13.1. The number of carbonyl (C=O) groups excluding carboxylic acids is 2. The number of rotatable bonds is 5. The molecule has 0 spiro atoms. The predicted octanol–water partition coefficient (Wildman–Crippen LogP) is 2.18. The van der Waals surface area contributed by atoms with E-state index < -0.39 is 24.8 Å². The van der Waals surface area contributed by atoms with Gasteiger partial charge < -0.3 is 15.4 Å². The fourth-order valence-electron chi connectivity index (χ4n) is 1.33. The lowest BCUT2D eigenvalue weighted by molar-refractivity contribution is -0.160. The molecule has 6 nitrogen and oxygen atoms in total. The van der Waals surface area contributed by atoms with Gasteiger partial charge in [0.05, 0.1) is 11.6 Å². The Bertz CT molecular complexity index is 565. The van der Waals surface area contributed by atoms with Crippen molar-refractivity contribution in [1.29, 1.82) is 5.26 Å². The van der Waals surface area contributed by atoms with Crippen molar-refractivity contribution in [2.45, 2.75) is 12.6 Å². The van der Waals surface area contributed by atoms with Gasteiger partial charge >= 0.3 is 12.3 Å². The quantitative estimate of drug-likeness (QED) is 0.871. The Morgan fingerprint density at radius 2 is 1.86 bits per heavy atom. The maximum atomic E-state index is 11.8. The van der Waals surface area contributed by atoms with E-state index >= 15 is 0 Å². The van der Waals surface area contributed by atoms with E-state index in [2.05, 4.69) is 10.1 Å². The molecule has 0 atom stereocenters. The van der Waals surface area contributed by atoms with Crippen LogP contribution in [0.5, 0.6) is 0 Å². The fourth-order valence-corrected chi connectivity index (χ4v) is 1.33. The first kappa shape index (κ1) is 17.3. The number of ether oxygens (including phenoxy) is 1. The summed E-state index contributed by atoms with van der Waals surface area (Å²) in [5.41, 5.74) is 0.899. The average molecular weight is 315 g/mol. The maximum Gasteiger partial charge on any atom is 0.422 e. The molecule has 0 saturated carbocycles. The molecule has 0 heterocycles. The molecular formula is C13H12F3N3O3. The molecule has 22 heavy (non-hydrogen) atoms. The minimum absolute atomic E-state index is 0.138. The zero-order chi connectivity index (χ0) is 16.6. The number of hydrogen-bond acceptors (Lipinski definition) is 4. The second-order valence-electron chi connectivity index (χ2n) is 4.11. The van der Waals surface area contributed by atoms with E-state index in [-0.39, 0.29) is 13.0 Å². The first-order valence-electron chi connectivity index (χ1n) is 6.07. The van der Waals surface area contributed by atoms with E-state index in [0.29, 0.717) is 11.3 Å². The number of carbonyl (C=O) groups is 2. The number of halogens is 3.